The average molecular weight is 357 g/mol. The number of hydrogen-bond acceptors (Lipinski definition) is 6. The molecule has 144 valence electrons. The first kappa shape index (κ1) is 21.2. The van der Waals surface area contributed by atoms with Gasteiger partial charge in [0.25, 0.3) is 0 Å². The Morgan fingerprint density at radius 2 is 2.04 bits per heavy atom. The molecule has 1 unspecified atom stereocenters. The van der Waals surface area contributed by atoms with E-state index in [-0.39, 0.29) is 24.4 Å². The van der Waals surface area contributed by atoms with Crippen LogP contribution in [0.3, 0.4) is 0 Å². The van der Waals surface area contributed by atoms with E-state index in [0.29, 0.717) is 6.54 Å². The standard InChI is InChI=1S/C17H31N3O5/c1-6-7-8-11(20-16(23)25-17(2,3)4)13-10-18-15(22)12(19-13)9-14(21)24-5/h11-13,19H,6-10H2,1-5H3,(H,18,22)(H,20,23)/t11-,12-,13?/m0/s1. The van der Waals surface area contributed by atoms with Crippen molar-refractivity contribution in [2.45, 2.75) is 77.1 Å². The zero-order valence-corrected chi connectivity index (χ0v) is 15.8. The van der Waals surface area contributed by atoms with E-state index in [9.17, 15) is 14.4 Å². The van der Waals surface area contributed by atoms with Crippen molar-refractivity contribution in [3.05, 3.63) is 0 Å². The number of piperazine rings is 1. The second-order valence-electron chi connectivity index (χ2n) is 7.25. The molecule has 3 N–H and O–H groups in total. The maximum Gasteiger partial charge on any atom is 0.407 e. The number of nitrogens with one attached hydrogen (secondary N) is 3. The molecule has 1 rings (SSSR count). The molecule has 1 heterocycles. The molecule has 1 aliphatic heterocycles. The molecule has 0 aliphatic carbocycles. The van der Waals surface area contributed by atoms with Crippen molar-refractivity contribution in [3.8, 4) is 0 Å². The summed E-state index contributed by atoms with van der Waals surface area (Å²) in [5, 5.41) is 8.84. The van der Waals surface area contributed by atoms with Crippen molar-refractivity contribution in [3.63, 3.8) is 0 Å². The molecule has 25 heavy (non-hydrogen) atoms. The van der Waals surface area contributed by atoms with E-state index in [4.69, 9.17) is 4.74 Å². The average Bonchev–Trinajstić information content (AvgIpc) is 2.51. The highest BCUT2D eigenvalue weighted by atomic mass is 16.6. The Bertz CT molecular complexity index is 475. The Morgan fingerprint density at radius 3 is 2.60 bits per heavy atom. The van der Waals surface area contributed by atoms with Crippen LogP contribution in [0.15, 0.2) is 0 Å². The molecule has 0 bridgehead atoms. The topological polar surface area (TPSA) is 106 Å². The Kier molecular flexibility index (Phi) is 8.15. The number of hydrogen-bond donors (Lipinski definition) is 3. The van der Waals surface area contributed by atoms with Crippen molar-refractivity contribution in [1.82, 2.24) is 16.0 Å². The summed E-state index contributed by atoms with van der Waals surface area (Å²) in [7, 11) is 1.29. The van der Waals surface area contributed by atoms with E-state index >= 15 is 0 Å². The first-order chi connectivity index (χ1) is 11.7. The summed E-state index contributed by atoms with van der Waals surface area (Å²) in [5.41, 5.74) is -0.582. The lowest BCUT2D eigenvalue weighted by molar-refractivity contribution is -0.143. The van der Waals surface area contributed by atoms with Crippen molar-refractivity contribution in [2.24, 2.45) is 0 Å². The Labute approximate surface area is 149 Å². The van der Waals surface area contributed by atoms with Gasteiger partial charge in [0.05, 0.1) is 19.6 Å². The number of methoxy groups -OCH3 is 1. The Hall–Kier alpha value is -1.83. The number of unbranched alkanes of at least 4 members (excludes halogenated alkanes) is 1. The van der Waals surface area contributed by atoms with Gasteiger partial charge in [-0.1, -0.05) is 19.8 Å². The molecular weight excluding hydrogens is 326 g/mol. The van der Waals surface area contributed by atoms with Gasteiger partial charge >= 0.3 is 12.1 Å². The van der Waals surface area contributed by atoms with E-state index < -0.39 is 23.7 Å². The summed E-state index contributed by atoms with van der Waals surface area (Å²) in [6, 6.07) is -1.07. The molecule has 0 aromatic rings. The highest BCUT2D eigenvalue weighted by Crippen LogP contribution is 2.13. The second-order valence-corrected chi connectivity index (χ2v) is 7.25. The fourth-order valence-corrected chi connectivity index (χ4v) is 2.64. The summed E-state index contributed by atoms with van der Waals surface area (Å²) in [6.45, 7) is 7.86. The summed E-state index contributed by atoms with van der Waals surface area (Å²) in [4.78, 5) is 35.5. The fourth-order valence-electron chi connectivity index (χ4n) is 2.64. The number of esters is 1. The minimum Gasteiger partial charge on any atom is -0.469 e. The van der Waals surface area contributed by atoms with E-state index in [2.05, 4.69) is 27.6 Å². The lowest BCUT2D eigenvalue weighted by Crippen LogP contribution is -2.65. The van der Waals surface area contributed by atoms with Gasteiger partial charge in [0.2, 0.25) is 5.91 Å². The van der Waals surface area contributed by atoms with Crippen molar-refractivity contribution in [2.75, 3.05) is 13.7 Å². The van der Waals surface area contributed by atoms with Crippen LogP contribution in [0.4, 0.5) is 4.79 Å². The van der Waals surface area contributed by atoms with Gasteiger partial charge in [-0.25, -0.2) is 4.79 Å². The van der Waals surface area contributed by atoms with Gasteiger partial charge < -0.3 is 20.1 Å². The number of amides is 2. The van der Waals surface area contributed by atoms with Gasteiger partial charge in [0, 0.05) is 18.6 Å². The van der Waals surface area contributed by atoms with Gasteiger partial charge in [0.15, 0.2) is 0 Å². The maximum absolute atomic E-state index is 12.1. The molecule has 0 radical (unpaired) electrons. The summed E-state index contributed by atoms with van der Waals surface area (Å²) in [6.07, 6.45) is 2.11. The number of carbonyl (C=O) groups is 3. The predicted molar refractivity (Wildman–Crippen MR) is 93.0 cm³/mol. The summed E-state index contributed by atoms with van der Waals surface area (Å²) < 4.78 is 9.96. The molecular formula is C17H31N3O5. The third-order valence-corrected chi connectivity index (χ3v) is 3.88. The molecule has 1 aliphatic rings. The smallest absolute Gasteiger partial charge is 0.407 e. The summed E-state index contributed by atoms with van der Waals surface area (Å²) >= 11 is 0. The van der Waals surface area contributed by atoms with Crippen LogP contribution >= 0.6 is 0 Å². The van der Waals surface area contributed by atoms with Crippen molar-refractivity contribution < 1.29 is 23.9 Å². The Balaban J connectivity index is 2.74. The van der Waals surface area contributed by atoms with Crippen LogP contribution < -0.4 is 16.0 Å². The van der Waals surface area contributed by atoms with Crippen molar-refractivity contribution >= 4 is 18.0 Å². The molecule has 1 saturated heterocycles. The summed E-state index contributed by atoms with van der Waals surface area (Å²) in [5.74, 6) is -0.702. The number of alkyl carbamates (subject to hydrolysis) is 1. The van der Waals surface area contributed by atoms with Gasteiger partial charge in [0.1, 0.15) is 5.60 Å². The van der Waals surface area contributed by atoms with Crippen LogP contribution in [0.5, 0.6) is 0 Å². The lowest BCUT2D eigenvalue weighted by Gasteiger charge is -2.36. The molecule has 1 fully saturated rings. The lowest BCUT2D eigenvalue weighted by atomic mass is 9.97. The zero-order valence-electron chi connectivity index (χ0n) is 15.8. The maximum atomic E-state index is 12.1. The first-order valence-electron chi connectivity index (χ1n) is 8.76. The number of rotatable bonds is 7. The zero-order chi connectivity index (χ0) is 19.0. The van der Waals surface area contributed by atoms with Crippen LogP contribution in [-0.4, -0.2) is 55.4 Å². The van der Waals surface area contributed by atoms with E-state index in [1.807, 2.05) is 0 Å². The van der Waals surface area contributed by atoms with Gasteiger partial charge in [-0.3, -0.25) is 14.9 Å². The van der Waals surface area contributed by atoms with Crippen LogP contribution in [0, 0.1) is 0 Å². The SMILES string of the molecule is CCCC[C@H](NC(=O)OC(C)(C)C)C1CNC(=O)[C@H](CC(=O)OC)N1. The monoisotopic (exact) mass is 357 g/mol. The molecule has 3 atom stereocenters. The molecule has 8 nitrogen and oxygen atoms in total. The van der Waals surface area contributed by atoms with E-state index in [1.54, 1.807) is 20.8 Å². The normalized spacial score (nSPS) is 21.9. The number of ether oxygens (including phenoxy) is 2. The minimum atomic E-state index is -0.671. The molecule has 0 aromatic heterocycles. The third-order valence-electron chi connectivity index (χ3n) is 3.88. The van der Waals surface area contributed by atoms with Crippen LogP contribution in [0.1, 0.15) is 53.4 Å². The first-order valence-corrected chi connectivity index (χ1v) is 8.76. The predicted octanol–water partition coefficient (Wildman–Crippen LogP) is 1.09. The quantitative estimate of drug-likeness (QED) is 0.589. The highest BCUT2D eigenvalue weighted by Gasteiger charge is 2.34. The molecule has 0 spiro atoms. The van der Waals surface area contributed by atoms with Gasteiger partial charge in [-0.15, -0.1) is 0 Å². The second kappa shape index (κ2) is 9.60. The molecule has 8 heteroatoms. The highest BCUT2D eigenvalue weighted by molar-refractivity contribution is 5.87. The van der Waals surface area contributed by atoms with Gasteiger partial charge in [-0.05, 0) is 27.2 Å². The van der Waals surface area contributed by atoms with Crippen molar-refractivity contribution in [1.29, 1.82) is 0 Å². The van der Waals surface area contributed by atoms with Crippen LogP contribution in [-0.2, 0) is 19.1 Å². The Morgan fingerprint density at radius 1 is 1.36 bits per heavy atom. The number of carbonyl (C=O) groups excluding carboxylic acids is 3. The molecule has 0 aromatic carbocycles. The van der Waals surface area contributed by atoms with E-state index in [1.165, 1.54) is 7.11 Å². The minimum absolute atomic E-state index is 0.0498. The third kappa shape index (κ3) is 7.72. The van der Waals surface area contributed by atoms with Crippen LogP contribution in [0.25, 0.3) is 0 Å². The van der Waals surface area contributed by atoms with Crippen LogP contribution in [0.2, 0.25) is 0 Å². The molecule has 0 saturated carbocycles. The van der Waals surface area contributed by atoms with Gasteiger partial charge in [-0.2, -0.15) is 0 Å². The molecule has 2 amide bonds. The largest absolute Gasteiger partial charge is 0.469 e. The fraction of sp³-hybridized carbons (Fsp3) is 0.824. The van der Waals surface area contributed by atoms with E-state index in [0.717, 1.165) is 19.3 Å².